The number of benzene rings is 1. The van der Waals surface area contributed by atoms with Gasteiger partial charge in [-0.2, -0.15) is 13.2 Å². The Labute approximate surface area is 192 Å². The maximum Gasteiger partial charge on any atom is 0.416 e. The zero-order chi connectivity index (χ0) is 24.7. The minimum Gasteiger partial charge on any atom is -0.448 e. The van der Waals surface area contributed by atoms with Crippen LogP contribution in [-0.2, 0) is 15.8 Å². The molecule has 0 aliphatic rings. The van der Waals surface area contributed by atoms with Crippen molar-refractivity contribution >= 4 is 29.1 Å². The Hall–Kier alpha value is -4.59. The highest BCUT2D eigenvalue weighted by molar-refractivity contribution is 6.08. The normalized spacial score (nSPS) is 10.6. The number of anilines is 2. The molecule has 2 aromatic carbocycles. The van der Waals surface area contributed by atoms with Crippen molar-refractivity contribution in [2.45, 2.75) is 12.6 Å². The van der Waals surface area contributed by atoms with Gasteiger partial charge in [0.05, 0.1) is 11.3 Å². The average Bonchev–Trinajstić information content (AvgIpc) is 2.78. The Balaban J connectivity index is 1.59. The number of alkyl halides is 3. The Bertz CT molecular complexity index is 1210. The van der Waals surface area contributed by atoms with Crippen LogP contribution in [0.5, 0.6) is 11.5 Å². The summed E-state index contributed by atoms with van der Waals surface area (Å²) in [7, 11) is 1.46. The molecule has 174 valence electrons. The minimum atomic E-state index is -4.56. The van der Waals surface area contributed by atoms with Crippen molar-refractivity contribution in [3.8, 4) is 11.5 Å². The maximum absolute atomic E-state index is 12.8. The fourth-order valence-electron chi connectivity index (χ4n) is 2.71. The first-order chi connectivity index (χ1) is 16.1. The van der Waals surface area contributed by atoms with E-state index in [4.69, 9.17) is 4.74 Å². The number of pyridine rings is 1. The van der Waals surface area contributed by atoms with E-state index in [9.17, 15) is 27.6 Å². The van der Waals surface area contributed by atoms with Gasteiger partial charge in [0.25, 0.3) is 5.91 Å². The topological polar surface area (TPSA) is 109 Å². The van der Waals surface area contributed by atoms with Crippen LogP contribution in [0.4, 0.5) is 24.5 Å². The standard InChI is InChI=1S/C23H17F3N4O4/c1-27-22(33)19-12-18(8-9-28-19)34-17-7-3-6-16(11-17)30-21(32)13-20(31)29-15-5-2-4-14(10-15)23(24,25)26/h2,4-6,8-12H,13H2,1H3,(H,27,33)(H,29,31)(H,30,32). The number of halogens is 3. The number of carbonyl (C=O) groups is 3. The van der Waals surface area contributed by atoms with Crippen LogP contribution in [-0.4, -0.2) is 29.8 Å². The van der Waals surface area contributed by atoms with E-state index in [0.717, 1.165) is 18.2 Å². The van der Waals surface area contributed by atoms with Gasteiger partial charge in [-0.1, -0.05) is 12.1 Å². The lowest BCUT2D eigenvalue weighted by atomic mass is 10.2. The number of aromatic nitrogens is 1. The molecule has 0 spiro atoms. The van der Waals surface area contributed by atoms with Crippen molar-refractivity contribution in [1.29, 1.82) is 0 Å². The highest BCUT2D eigenvalue weighted by Gasteiger charge is 2.30. The first kappa shape index (κ1) is 24.1. The molecular weight excluding hydrogens is 453 g/mol. The lowest BCUT2D eigenvalue weighted by Crippen LogP contribution is -2.21. The number of nitrogens with one attached hydrogen (secondary N) is 3. The van der Waals surface area contributed by atoms with Crippen LogP contribution in [0.25, 0.3) is 0 Å². The Morgan fingerprint density at radius 1 is 1.03 bits per heavy atom. The third-order valence-corrected chi connectivity index (χ3v) is 4.21. The van der Waals surface area contributed by atoms with Crippen LogP contribution < -0.4 is 20.7 Å². The molecule has 0 radical (unpaired) electrons. The number of hydrogen-bond acceptors (Lipinski definition) is 5. The van der Waals surface area contributed by atoms with Gasteiger partial charge in [0.15, 0.2) is 5.75 Å². The number of amides is 3. The molecule has 3 rings (SSSR count). The number of ether oxygens (including phenoxy) is 1. The molecule has 3 aromatic rings. The molecule has 8 nitrogen and oxygen atoms in total. The van der Waals surface area contributed by atoms with Crippen molar-refractivity contribution in [2.75, 3.05) is 17.7 Å². The van der Waals surface area contributed by atoms with Gasteiger partial charge in [-0.15, -0.1) is 0 Å². The Morgan fingerprint density at radius 2 is 1.76 bits per heavy atom. The van der Waals surface area contributed by atoms with Crippen LogP contribution in [0.15, 0.2) is 54.7 Å². The molecular formula is C23H17F3N4O4. The first-order valence-corrected chi connectivity index (χ1v) is 9.70. The largest absolute Gasteiger partial charge is 0.448 e. The van der Waals surface area contributed by atoms with Crippen molar-refractivity contribution in [1.82, 2.24) is 10.3 Å². The Morgan fingerprint density at radius 3 is 2.47 bits per heavy atom. The second-order valence-electron chi connectivity index (χ2n) is 6.79. The minimum absolute atomic E-state index is 0.0839. The third-order valence-electron chi connectivity index (χ3n) is 4.21. The van der Waals surface area contributed by atoms with E-state index in [2.05, 4.69) is 33.1 Å². The van der Waals surface area contributed by atoms with Gasteiger partial charge in [0.1, 0.15) is 17.9 Å². The van der Waals surface area contributed by atoms with Crippen LogP contribution >= 0.6 is 0 Å². The van der Waals surface area contributed by atoms with Crippen molar-refractivity contribution in [3.05, 3.63) is 78.1 Å². The van der Waals surface area contributed by atoms with Gasteiger partial charge in [-0.3, -0.25) is 19.4 Å². The van der Waals surface area contributed by atoms with Gasteiger partial charge >= 0.3 is 6.18 Å². The molecule has 0 fully saturated rings. The average molecular weight is 470 g/mol. The highest BCUT2D eigenvalue weighted by atomic mass is 19.4. The first-order valence-electron chi connectivity index (χ1n) is 9.70. The summed E-state index contributed by atoms with van der Waals surface area (Å²) in [5.74, 6) is -1.44. The highest BCUT2D eigenvalue weighted by Crippen LogP contribution is 2.30. The summed E-state index contributed by atoms with van der Waals surface area (Å²) in [6, 6.07) is 15.2. The molecule has 0 unspecified atom stereocenters. The van der Waals surface area contributed by atoms with E-state index in [1.165, 1.54) is 43.6 Å². The summed E-state index contributed by atoms with van der Waals surface area (Å²) >= 11 is 0. The molecule has 1 aromatic heterocycles. The summed E-state index contributed by atoms with van der Waals surface area (Å²) in [5, 5.41) is 7.17. The van der Waals surface area contributed by atoms with Crippen LogP contribution in [0.2, 0.25) is 0 Å². The van der Waals surface area contributed by atoms with Gasteiger partial charge < -0.3 is 20.7 Å². The van der Waals surface area contributed by atoms with E-state index in [1.807, 2.05) is 0 Å². The molecule has 1 heterocycles. The number of rotatable bonds is 7. The zero-order valence-corrected chi connectivity index (χ0v) is 17.6. The van der Waals surface area contributed by atoms with E-state index in [1.54, 1.807) is 0 Å². The summed E-state index contributed by atoms with van der Waals surface area (Å²) in [6.07, 6.45) is -3.80. The van der Waals surface area contributed by atoms with Crippen LogP contribution in [0.1, 0.15) is 22.5 Å². The molecule has 0 saturated heterocycles. The monoisotopic (exact) mass is 470 g/mol. The molecule has 0 aliphatic heterocycles. The second-order valence-corrected chi connectivity index (χ2v) is 6.79. The molecule has 34 heavy (non-hydrogen) atoms. The fourth-order valence-corrected chi connectivity index (χ4v) is 2.71. The predicted octanol–water partition coefficient (Wildman–Crippen LogP) is 3.82. The number of hydrogen-bond donors (Lipinski definition) is 3. The number of carbonyl (C=O) groups excluding carboxylic acids is 3. The molecule has 11 heteroatoms. The summed E-state index contributed by atoms with van der Waals surface area (Å²) < 4.78 is 44.0. The summed E-state index contributed by atoms with van der Waals surface area (Å²) in [6.45, 7) is 0. The second kappa shape index (κ2) is 10.4. The smallest absolute Gasteiger partial charge is 0.416 e. The molecule has 3 amide bonds. The van der Waals surface area contributed by atoms with Gasteiger partial charge in [0, 0.05) is 37.1 Å². The van der Waals surface area contributed by atoms with Gasteiger partial charge in [-0.25, -0.2) is 0 Å². The SMILES string of the molecule is CNC(=O)c1cc(Oc2c#ccc(NC(=O)CC(=O)Nc3cccc(C(F)(F)F)c3)c2)ccn1. The lowest BCUT2D eigenvalue weighted by molar-refractivity contribution is -0.137. The van der Waals surface area contributed by atoms with Gasteiger partial charge in [-0.05, 0) is 30.3 Å². The number of nitrogens with zero attached hydrogens (tertiary/aromatic N) is 1. The van der Waals surface area contributed by atoms with Crippen molar-refractivity contribution < 1.29 is 32.3 Å². The van der Waals surface area contributed by atoms with Gasteiger partial charge in [0.2, 0.25) is 11.8 Å². The van der Waals surface area contributed by atoms with E-state index in [-0.39, 0.29) is 22.8 Å². The zero-order valence-electron chi connectivity index (χ0n) is 17.6. The Kier molecular flexibility index (Phi) is 7.33. The van der Waals surface area contributed by atoms with E-state index in [0.29, 0.717) is 5.75 Å². The fraction of sp³-hybridized carbons (Fsp3) is 0.130. The van der Waals surface area contributed by atoms with Crippen LogP contribution in [0.3, 0.4) is 0 Å². The van der Waals surface area contributed by atoms with Crippen LogP contribution in [0, 0.1) is 12.1 Å². The quantitative estimate of drug-likeness (QED) is 0.455. The molecule has 3 N–H and O–H groups in total. The third kappa shape index (κ3) is 6.70. The summed E-state index contributed by atoms with van der Waals surface area (Å²) in [5.41, 5.74) is -0.624. The van der Waals surface area contributed by atoms with Crippen molar-refractivity contribution in [3.63, 3.8) is 0 Å². The predicted molar refractivity (Wildman–Crippen MR) is 115 cm³/mol. The lowest BCUT2D eigenvalue weighted by Gasteiger charge is -2.10. The molecule has 0 atom stereocenters. The maximum atomic E-state index is 12.8. The van der Waals surface area contributed by atoms with E-state index < -0.39 is 35.9 Å². The molecule has 0 aliphatic carbocycles. The molecule has 0 bridgehead atoms. The van der Waals surface area contributed by atoms with Crippen molar-refractivity contribution in [2.24, 2.45) is 0 Å². The molecule has 0 saturated carbocycles. The van der Waals surface area contributed by atoms with E-state index >= 15 is 0 Å². The summed E-state index contributed by atoms with van der Waals surface area (Å²) in [4.78, 5) is 39.9.